The van der Waals surface area contributed by atoms with Gasteiger partial charge in [-0.1, -0.05) is 6.07 Å². The predicted octanol–water partition coefficient (Wildman–Crippen LogP) is 2.31. The van der Waals surface area contributed by atoms with Crippen LogP contribution in [0.4, 0.5) is 5.82 Å². The molecule has 1 aliphatic heterocycles. The van der Waals surface area contributed by atoms with E-state index in [1.54, 1.807) is 13.1 Å². The Kier molecular flexibility index (Phi) is 2.84. The van der Waals surface area contributed by atoms with E-state index in [4.69, 9.17) is 4.74 Å². The van der Waals surface area contributed by atoms with Crippen molar-refractivity contribution in [2.45, 2.75) is 25.2 Å². The van der Waals surface area contributed by atoms with Crippen LogP contribution < -0.4 is 5.32 Å². The molecule has 0 bridgehead atoms. The molecule has 3 heterocycles. The number of hydrogen-bond donors (Lipinski definition) is 1. The van der Waals surface area contributed by atoms with E-state index in [1.807, 2.05) is 18.2 Å². The van der Waals surface area contributed by atoms with E-state index in [0.29, 0.717) is 30.1 Å². The molecular formula is C16H14N2O3S. The molecule has 2 aromatic heterocycles. The quantitative estimate of drug-likeness (QED) is 0.864. The minimum absolute atomic E-state index is 0.00212. The van der Waals surface area contributed by atoms with Gasteiger partial charge in [-0.05, 0) is 31.0 Å². The maximum Gasteiger partial charge on any atom is 0.348 e. The Balaban J connectivity index is 1.69. The minimum atomic E-state index is -0.558. The highest BCUT2D eigenvalue weighted by molar-refractivity contribution is 7.14. The van der Waals surface area contributed by atoms with Gasteiger partial charge in [-0.15, -0.1) is 11.3 Å². The van der Waals surface area contributed by atoms with Crippen LogP contribution in [0.5, 0.6) is 0 Å². The van der Waals surface area contributed by atoms with Crippen LogP contribution in [0.15, 0.2) is 24.4 Å². The summed E-state index contributed by atoms with van der Waals surface area (Å²) in [4.78, 5) is 30.3. The van der Waals surface area contributed by atoms with Crippen molar-refractivity contribution < 1.29 is 14.3 Å². The number of esters is 1. The number of carbonyl (C=O) groups is 2. The van der Waals surface area contributed by atoms with Crippen molar-refractivity contribution in [3.8, 4) is 0 Å². The molecule has 112 valence electrons. The van der Waals surface area contributed by atoms with Gasteiger partial charge in [-0.25, -0.2) is 9.78 Å². The van der Waals surface area contributed by atoms with E-state index >= 15 is 0 Å². The highest BCUT2D eigenvalue weighted by atomic mass is 32.1. The van der Waals surface area contributed by atoms with Crippen molar-refractivity contribution in [1.82, 2.24) is 4.98 Å². The fourth-order valence-electron chi connectivity index (χ4n) is 3.32. The second kappa shape index (κ2) is 4.64. The van der Waals surface area contributed by atoms with E-state index in [9.17, 15) is 9.59 Å². The first-order chi connectivity index (χ1) is 10.6. The Morgan fingerprint density at radius 2 is 2.36 bits per heavy atom. The van der Waals surface area contributed by atoms with Crippen molar-refractivity contribution in [3.05, 3.63) is 45.3 Å². The second-order valence-corrected chi connectivity index (χ2v) is 6.71. The molecule has 0 aromatic carbocycles. The second-order valence-electron chi connectivity index (χ2n) is 5.57. The molecule has 1 aliphatic carbocycles. The number of anilines is 1. The van der Waals surface area contributed by atoms with Gasteiger partial charge in [0.2, 0.25) is 5.91 Å². The van der Waals surface area contributed by atoms with Gasteiger partial charge < -0.3 is 10.1 Å². The van der Waals surface area contributed by atoms with Crippen LogP contribution in [0.25, 0.3) is 0 Å². The van der Waals surface area contributed by atoms with Crippen LogP contribution in [0, 0.1) is 0 Å². The van der Waals surface area contributed by atoms with E-state index in [2.05, 4.69) is 10.3 Å². The van der Waals surface area contributed by atoms with Gasteiger partial charge in [0.05, 0.1) is 12.0 Å². The number of rotatable bonds is 2. The van der Waals surface area contributed by atoms with E-state index < -0.39 is 5.41 Å². The molecular weight excluding hydrogens is 300 g/mol. The number of ether oxygens (including phenoxy) is 1. The Hall–Kier alpha value is -2.21. The van der Waals surface area contributed by atoms with E-state index in [0.717, 1.165) is 16.0 Å². The summed E-state index contributed by atoms with van der Waals surface area (Å²) in [6.45, 7) is 2.16. The third-order valence-electron chi connectivity index (χ3n) is 4.32. The summed E-state index contributed by atoms with van der Waals surface area (Å²) >= 11 is 1.43. The van der Waals surface area contributed by atoms with E-state index in [-0.39, 0.29) is 11.9 Å². The van der Waals surface area contributed by atoms with Gasteiger partial charge >= 0.3 is 5.97 Å². The first-order valence-corrected chi connectivity index (χ1v) is 8.01. The van der Waals surface area contributed by atoms with Gasteiger partial charge in [0.1, 0.15) is 10.7 Å². The zero-order chi connectivity index (χ0) is 15.3. The molecule has 0 saturated carbocycles. The van der Waals surface area contributed by atoms with Crippen LogP contribution in [0.2, 0.25) is 0 Å². The van der Waals surface area contributed by atoms with Crippen LogP contribution in [-0.2, 0) is 27.8 Å². The lowest BCUT2D eigenvalue weighted by Gasteiger charge is -2.20. The Morgan fingerprint density at radius 3 is 3.14 bits per heavy atom. The molecule has 0 radical (unpaired) electrons. The fraction of sp³-hybridized carbons (Fsp3) is 0.312. The third kappa shape index (κ3) is 1.73. The fourth-order valence-corrected chi connectivity index (χ4v) is 4.51. The van der Waals surface area contributed by atoms with Crippen molar-refractivity contribution in [1.29, 1.82) is 0 Å². The van der Waals surface area contributed by atoms with Crippen LogP contribution in [-0.4, -0.2) is 23.5 Å². The molecule has 1 N–H and O–H groups in total. The largest absolute Gasteiger partial charge is 0.462 e. The zero-order valence-corrected chi connectivity index (χ0v) is 12.8. The molecule has 2 aromatic rings. The summed E-state index contributed by atoms with van der Waals surface area (Å²) in [5, 5.41) is 2.88. The average molecular weight is 314 g/mol. The first-order valence-electron chi connectivity index (χ1n) is 7.20. The predicted molar refractivity (Wildman–Crippen MR) is 82.2 cm³/mol. The van der Waals surface area contributed by atoms with E-state index in [1.165, 1.54) is 11.3 Å². The van der Waals surface area contributed by atoms with Crippen molar-refractivity contribution in [2.24, 2.45) is 0 Å². The highest BCUT2D eigenvalue weighted by Gasteiger charge is 2.51. The Labute approximate surface area is 131 Å². The first kappa shape index (κ1) is 13.5. The lowest BCUT2D eigenvalue weighted by atomic mass is 9.80. The number of aromatic nitrogens is 1. The molecule has 0 fully saturated rings. The number of amides is 1. The lowest BCUT2D eigenvalue weighted by Crippen LogP contribution is -2.35. The molecule has 1 amide bonds. The molecule has 22 heavy (non-hydrogen) atoms. The topological polar surface area (TPSA) is 68.3 Å². The summed E-state index contributed by atoms with van der Waals surface area (Å²) in [5.74, 6) is 0.379. The van der Waals surface area contributed by atoms with Gasteiger partial charge in [-0.3, -0.25) is 4.79 Å². The number of pyridine rings is 1. The summed E-state index contributed by atoms with van der Waals surface area (Å²) in [6.07, 6.45) is 2.92. The van der Waals surface area contributed by atoms with Crippen molar-refractivity contribution >= 4 is 29.0 Å². The number of hydrogen-bond acceptors (Lipinski definition) is 5. The summed E-state index contributed by atoms with van der Waals surface area (Å²) < 4.78 is 5.04. The molecule has 1 atom stereocenters. The molecule has 4 rings (SSSR count). The van der Waals surface area contributed by atoms with Gasteiger partial charge in [-0.2, -0.15) is 0 Å². The molecule has 0 unspecified atom stereocenters. The van der Waals surface area contributed by atoms with Crippen molar-refractivity contribution in [2.75, 3.05) is 11.9 Å². The Bertz CT molecular complexity index is 773. The van der Waals surface area contributed by atoms with Gasteiger partial charge in [0.15, 0.2) is 0 Å². The lowest BCUT2D eigenvalue weighted by molar-refractivity contribution is -0.120. The van der Waals surface area contributed by atoms with Crippen LogP contribution in [0.3, 0.4) is 0 Å². The summed E-state index contributed by atoms with van der Waals surface area (Å²) in [5.41, 5.74) is 1.47. The third-order valence-corrected chi connectivity index (χ3v) is 5.48. The minimum Gasteiger partial charge on any atom is -0.462 e. The SMILES string of the molecule is CCOC(=O)c1cc2c(s1)C[C@]1(C2)C(=O)Nc2ncccc21. The summed E-state index contributed by atoms with van der Waals surface area (Å²) in [7, 11) is 0. The maximum absolute atomic E-state index is 12.5. The van der Waals surface area contributed by atoms with Crippen LogP contribution in [0.1, 0.15) is 32.6 Å². The standard InChI is InChI=1S/C16H14N2O3S/c1-2-21-14(19)11-6-9-7-16(8-12(9)22-11)10-4-3-5-17-13(10)18-15(16)20/h3-6H,2,7-8H2,1H3,(H,17,18,20)/t16-/m0/s1. The molecule has 1 spiro atoms. The smallest absolute Gasteiger partial charge is 0.348 e. The Morgan fingerprint density at radius 1 is 1.50 bits per heavy atom. The number of carbonyl (C=O) groups excluding carboxylic acids is 2. The van der Waals surface area contributed by atoms with Gasteiger partial charge in [0, 0.05) is 23.1 Å². The van der Waals surface area contributed by atoms with Gasteiger partial charge in [0.25, 0.3) is 0 Å². The monoisotopic (exact) mass is 314 g/mol. The molecule has 6 heteroatoms. The maximum atomic E-state index is 12.5. The number of fused-ring (bicyclic) bond motifs is 3. The zero-order valence-electron chi connectivity index (χ0n) is 12.0. The average Bonchev–Trinajstić information content (AvgIpc) is 3.12. The number of thiophene rings is 1. The molecule has 0 saturated heterocycles. The van der Waals surface area contributed by atoms with Crippen molar-refractivity contribution in [3.63, 3.8) is 0 Å². The molecule has 5 nitrogen and oxygen atoms in total. The molecule has 2 aliphatic rings. The number of nitrogens with zero attached hydrogens (tertiary/aromatic N) is 1. The summed E-state index contributed by atoms with van der Waals surface area (Å²) in [6, 6.07) is 5.69. The normalized spacial score (nSPS) is 21.6. The van der Waals surface area contributed by atoms with Crippen LogP contribution >= 0.6 is 11.3 Å². The number of nitrogens with one attached hydrogen (secondary N) is 1. The highest BCUT2D eigenvalue weighted by Crippen LogP contribution is 2.48.